The first-order chi connectivity index (χ1) is 10.2. The van der Waals surface area contributed by atoms with Crippen molar-refractivity contribution in [3.8, 4) is 11.9 Å². The van der Waals surface area contributed by atoms with Crippen molar-refractivity contribution in [1.29, 1.82) is 0 Å². The summed E-state index contributed by atoms with van der Waals surface area (Å²) in [5.41, 5.74) is 0.864. The number of nitrogens with zero attached hydrogens (tertiary/aromatic N) is 3. The highest BCUT2D eigenvalue weighted by Gasteiger charge is 2.20. The van der Waals surface area contributed by atoms with E-state index in [1.54, 1.807) is 10.6 Å². The molecule has 0 radical (unpaired) electrons. The van der Waals surface area contributed by atoms with Gasteiger partial charge in [0, 0.05) is 13.1 Å². The van der Waals surface area contributed by atoms with E-state index in [0.29, 0.717) is 18.1 Å². The second-order valence-corrected chi connectivity index (χ2v) is 5.38. The highest BCUT2D eigenvalue weighted by Crippen LogP contribution is 2.28. The molecule has 5 nitrogen and oxygen atoms in total. The van der Waals surface area contributed by atoms with Crippen molar-refractivity contribution < 1.29 is 13.9 Å². The Morgan fingerprint density at radius 2 is 2.05 bits per heavy atom. The van der Waals surface area contributed by atoms with Gasteiger partial charge in [0.25, 0.3) is 6.01 Å². The Balaban J connectivity index is 1.92. The average molecular weight is 293 g/mol. The summed E-state index contributed by atoms with van der Waals surface area (Å²) in [7, 11) is 1.82. The van der Waals surface area contributed by atoms with E-state index in [4.69, 9.17) is 9.47 Å². The summed E-state index contributed by atoms with van der Waals surface area (Å²) >= 11 is 0. The van der Waals surface area contributed by atoms with Gasteiger partial charge in [0.2, 0.25) is 11.8 Å². The fourth-order valence-electron chi connectivity index (χ4n) is 2.77. The quantitative estimate of drug-likeness (QED) is 0.812. The molecule has 1 aliphatic rings. The normalized spacial score (nSPS) is 16.3. The Bertz CT molecular complexity index is 635. The maximum absolute atomic E-state index is 14.0. The van der Waals surface area contributed by atoms with Crippen molar-refractivity contribution in [3.63, 3.8) is 0 Å². The van der Waals surface area contributed by atoms with Crippen LogP contribution in [0.25, 0.3) is 11.0 Å². The van der Waals surface area contributed by atoms with Gasteiger partial charge in [0.05, 0.1) is 12.1 Å². The van der Waals surface area contributed by atoms with E-state index in [0.717, 1.165) is 12.8 Å². The standard InChI is InChI=1S/C15H20FN3O2/c1-3-20-12-9-11-13(14(16)17-12)18-15(19(11)2)21-10-7-5-4-6-8-10/h9-10H,3-8H2,1-2H3. The van der Waals surface area contributed by atoms with Crippen LogP contribution in [0.5, 0.6) is 11.9 Å². The van der Waals surface area contributed by atoms with Crippen molar-refractivity contribution in [2.75, 3.05) is 6.61 Å². The number of aromatic nitrogens is 3. The molecule has 21 heavy (non-hydrogen) atoms. The van der Waals surface area contributed by atoms with E-state index in [1.165, 1.54) is 19.3 Å². The molecule has 2 heterocycles. The van der Waals surface area contributed by atoms with Gasteiger partial charge in [-0.15, -0.1) is 0 Å². The largest absolute Gasteiger partial charge is 0.478 e. The van der Waals surface area contributed by atoms with Crippen LogP contribution in [-0.4, -0.2) is 27.2 Å². The fraction of sp³-hybridized carbons (Fsp3) is 0.600. The summed E-state index contributed by atoms with van der Waals surface area (Å²) in [5.74, 6) is -0.347. The molecule has 0 atom stereocenters. The molecular formula is C15H20FN3O2. The fourth-order valence-corrected chi connectivity index (χ4v) is 2.77. The maximum atomic E-state index is 14.0. The lowest BCUT2D eigenvalue weighted by Crippen LogP contribution is -2.21. The molecule has 0 spiro atoms. The zero-order valence-corrected chi connectivity index (χ0v) is 12.4. The number of imidazole rings is 1. The van der Waals surface area contributed by atoms with E-state index in [9.17, 15) is 4.39 Å². The Hall–Kier alpha value is -1.85. The third-order valence-corrected chi connectivity index (χ3v) is 3.88. The number of fused-ring (bicyclic) bond motifs is 1. The Morgan fingerprint density at radius 3 is 2.76 bits per heavy atom. The summed E-state index contributed by atoms with van der Waals surface area (Å²) in [6.45, 7) is 2.28. The predicted octanol–water partition coefficient (Wildman–Crippen LogP) is 3.22. The number of ether oxygens (including phenoxy) is 2. The molecule has 3 rings (SSSR count). The molecule has 2 aromatic heterocycles. The minimum atomic E-state index is -0.620. The van der Waals surface area contributed by atoms with Gasteiger partial charge in [-0.1, -0.05) is 6.42 Å². The van der Waals surface area contributed by atoms with Crippen LogP contribution in [0.15, 0.2) is 6.07 Å². The third kappa shape index (κ3) is 2.80. The van der Waals surface area contributed by atoms with Gasteiger partial charge in [0.1, 0.15) is 11.6 Å². The summed E-state index contributed by atoms with van der Waals surface area (Å²) in [5, 5.41) is 0. The van der Waals surface area contributed by atoms with Crippen molar-refractivity contribution in [2.24, 2.45) is 7.05 Å². The number of pyridine rings is 1. The lowest BCUT2D eigenvalue weighted by atomic mass is 9.98. The monoisotopic (exact) mass is 293 g/mol. The summed E-state index contributed by atoms with van der Waals surface area (Å²) in [6.07, 6.45) is 5.87. The van der Waals surface area contributed by atoms with Crippen LogP contribution in [0.2, 0.25) is 0 Å². The highest BCUT2D eigenvalue weighted by atomic mass is 19.1. The van der Waals surface area contributed by atoms with Crippen LogP contribution in [0.1, 0.15) is 39.0 Å². The molecule has 114 valence electrons. The molecule has 0 aliphatic heterocycles. The summed E-state index contributed by atoms with van der Waals surface area (Å²) in [4.78, 5) is 8.03. The van der Waals surface area contributed by atoms with E-state index in [-0.39, 0.29) is 17.5 Å². The first-order valence-corrected chi connectivity index (χ1v) is 7.51. The number of rotatable bonds is 4. The molecular weight excluding hydrogens is 273 g/mol. The zero-order chi connectivity index (χ0) is 14.8. The van der Waals surface area contributed by atoms with Gasteiger partial charge >= 0.3 is 0 Å². The molecule has 2 aromatic rings. The van der Waals surface area contributed by atoms with E-state index in [1.807, 2.05) is 14.0 Å². The highest BCUT2D eigenvalue weighted by molar-refractivity contribution is 5.77. The SMILES string of the molecule is CCOc1cc2c(nc(OC3CCCCC3)n2C)c(F)n1. The molecule has 0 unspecified atom stereocenters. The van der Waals surface area contributed by atoms with Crippen LogP contribution < -0.4 is 9.47 Å². The minimum absolute atomic E-state index is 0.177. The molecule has 1 aliphatic carbocycles. The average Bonchev–Trinajstić information content (AvgIpc) is 2.79. The molecule has 1 saturated carbocycles. The van der Waals surface area contributed by atoms with Crippen LogP contribution in [0.4, 0.5) is 4.39 Å². The number of hydrogen-bond donors (Lipinski definition) is 0. The first-order valence-electron chi connectivity index (χ1n) is 7.51. The van der Waals surface area contributed by atoms with Crippen LogP contribution in [0.3, 0.4) is 0 Å². The Labute approximate surface area is 123 Å². The minimum Gasteiger partial charge on any atom is -0.478 e. The summed E-state index contributed by atoms with van der Waals surface area (Å²) < 4.78 is 27.0. The molecule has 0 N–H and O–H groups in total. The van der Waals surface area contributed by atoms with Crippen LogP contribution in [-0.2, 0) is 7.05 Å². The maximum Gasteiger partial charge on any atom is 0.297 e. The number of halogens is 1. The van der Waals surface area contributed by atoms with Crippen molar-refractivity contribution >= 4 is 11.0 Å². The zero-order valence-electron chi connectivity index (χ0n) is 12.4. The van der Waals surface area contributed by atoms with Gasteiger partial charge in [-0.2, -0.15) is 14.4 Å². The molecule has 0 aromatic carbocycles. The van der Waals surface area contributed by atoms with Gasteiger partial charge in [-0.05, 0) is 32.6 Å². The Kier molecular flexibility index (Phi) is 3.94. The third-order valence-electron chi connectivity index (χ3n) is 3.88. The molecule has 1 fully saturated rings. The smallest absolute Gasteiger partial charge is 0.297 e. The van der Waals surface area contributed by atoms with E-state index < -0.39 is 5.95 Å². The first kappa shape index (κ1) is 14.1. The van der Waals surface area contributed by atoms with Gasteiger partial charge in [0.15, 0.2) is 0 Å². The van der Waals surface area contributed by atoms with Gasteiger partial charge in [-0.3, -0.25) is 4.57 Å². The summed E-state index contributed by atoms with van der Waals surface area (Å²) in [6, 6.07) is 2.15. The van der Waals surface area contributed by atoms with Gasteiger partial charge < -0.3 is 9.47 Å². The van der Waals surface area contributed by atoms with Crippen molar-refractivity contribution in [3.05, 3.63) is 12.0 Å². The van der Waals surface area contributed by atoms with Crippen molar-refractivity contribution in [1.82, 2.24) is 14.5 Å². The lowest BCUT2D eigenvalue weighted by Gasteiger charge is -2.22. The molecule has 0 amide bonds. The molecule has 0 bridgehead atoms. The van der Waals surface area contributed by atoms with E-state index >= 15 is 0 Å². The number of hydrogen-bond acceptors (Lipinski definition) is 4. The topological polar surface area (TPSA) is 49.2 Å². The molecule has 6 heteroatoms. The van der Waals surface area contributed by atoms with E-state index in [2.05, 4.69) is 9.97 Å². The Morgan fingerprint density at radius 1 is 1.29 bits per heavy atom. The number of aryl methyl sites for hydroxylation is 1. The second kappa shape index (κ2) is 5.87. The van der Waals surface area contributed by atoms with Crippen molar-refractivity contribution in [2.45, 2.75) is 45.1 Å². The van der Waals surface area contributed by atoms with Crippen LogP contribution in [0, 0.1) is 5.95 Å². The lowest BCUT2D eigenvalue weighted by molar-refractivity contribution is 0.138. The second-order valence-electron chi connectivity index (χ2n) is 5.38. The van der Waals surface area contributed by atoms with Gasteiger partial charge in [-0.25, -0.2) is 0 Å². The predicted molar refractivity (Wildman–Crippen MR) is 77.1 cm³/mol. The van der Waals surface area contributed by atoms with Crippen LogP contribution >= 0.6 is 0 Å². The molecule has 0 saturated heterocycles.